The Hall–Kier alpha value is -0.630. The van der Waals surface area contributed by atoms with Crippen LogP contribution in [0, 0.1) is 35.3 Å². The minimum Gasteiger partial charge on any atom is -0.207 e. The predicted octanol–water partition coefficient (Wildman–Crippen LogP) is 5.24. The first-order valence-corrected chi connectivity index (χ1v) is 6.64. The van der Waals surface area contributed by atoms with E-state index in [9.17, 15) is 8.78 Å². The zero-order valence-electron chi connectivity index (χ0n) is 11.4. The van der Waals surface area contributed by atoms with E-state index in [-0.39, 0.29) is 16.7 Å². The molecule has 0 bridgehead atoms. The van der Waals surface area contributed by atoms with Crippen LogP contribution >= 0.6 is 11.6 Å². The molecular weight excluding hydrogens is 254 g/mol. The van der Waals surface area contributed by atoms with Gasteiger partial charge in [-0.1, -0.05) is 27.7 Å². The molecule has 1 aliphatic rings. The van der Waals surface area contributed by atoms with E-state index in [1.54, 1.807) is 6.92 Å². The van der Waals surface area contributed by atoms with E-state index >= 15 is 0 Å². The Kier molecular flexibility index (Phi) is 3.01. The molecule has 0 nitrogen and oxygen atoms in total. The largest absolute Gasteiger partial charge is 0.207 e. The van der Waals surface area contributed by atoms with Crippen LogP contribution in [0.5, 0.6) is 0 Å². The van der Waals surface area contributed by atoms with E-state index in [4.69, 9.17) is 11.6 Å². The van der Waals surface area contributed by atoms with Crippen LogP contribution in [-0.2, 0) is 0 Å². The normalized spacial score (nSPS) is 22.9. The molecule has 2 rings (SSSR count). The van der Waals surface area contributed by atoms with Crippen molar-refractivity contribution < 1.29 is 8.78 Å². The lowest BCUT2D eigenvalue weighted by Gasteiger charge is -2.14. The Labute approximate surface area is 112 Å². The molecule has 18 heavy (non-hydrogen) atoms. The third-order valence-corrected chi connectivity index (χ3v) is 5.49. The minimum absolute atomic E-state index is 0.0775. The smallest absolute Gasteiger partial charge is 0.130 e. The van der Waals surface area contributed by atoms with Crippen molar-refractivity contribution in [3.63, 3.8) is 0 Å². The van der Waals surface area contributed by atoms with Gasteiger partial charge in [0, 0.05) is 11.6 Å². The summed E-state index contributed by atoms with van der Waals surface area (Å²) >= 11 is 6.44. The lowest BCUT2D eigenvalue weighted by Crippen LogP contribution is -2.04. The van der Waals surface area contributed by atoms with Gasteiger partial charge in [-0.05, 0) is 35.3 Å². The zero-order chi connectivity index (χ0) is 13.9. The van der Waals surface area contributed by atoms with Crippen LogP contribution in [0.2, 0.25) is 0 Å². The molecule has 1 fully saturated rings. The third kappa shape index (κ3) is 1.77. The van der Waals surface area contributed by atoms with Gasteiger partial charge in [0.1, 0.15) is 11.6 Å². The zero-order valence-corrected chi connectivity index (χ0v) is 12.2. The Balaban J connectivity index is 2.37. The highest BCUT2D eigenvalue weighted by Gasteiger charge is 2.67. The highest BCUT2D eigenvalue weighted by molar-refractivity contribution is 6.21. The lowest BCUT2D eigenvalue weighted by molar-refractivity contribution is 0.457. The van der Waals surface area contributed by atoms with Gasteiger partial charge in [0.15, 0.2) is 0 Å². The van der Waals surface area contributed by atoms with Crippen molar-refractivity contribution in [2.45, 2.75) is 40.0 Å². The number of hydrogen-bond acceptors (Lipinski definition) is 0. The molecule has 1 unspecified atom stereocenters. The van der Waals surface area contributed by atoms with Crippen LogP contribution in [0.4, 0.5) is 8.78 Å². The van der Waals surface area contributed by atoms with Gasteiger partial charge in [-0.2, -0.15) is 0 Å². The highest BCUT2D eigenvalue weighted by Crippen LogP contribution is 2.73. The van der Waals surface area contributed by atoms with E-state index < -0.39 is 17.0 Å². The molecule has 3 heteroatoms. The van der Waals surface area contributed by atoms with E-state index in [1.165, 1.54) is 6.07 Å². The summed E-state index contributed by atoms with van der Waals surface area (Å²) in [5, 5.41) is -0.408. The van der Waals surface area contributed by atoms with Gasteiger partial charge in [0.25, 0.3) is 0 Å². The molecule has 0 radical (unpaired) electrons. The average molecular weight is 273 g/mol. The maximum atomic E-state index is 13.8. The Morgan fingerprint density at radius 2 is 1.56 bits per heavy atom. The van der Waals surface area contributed by atoms with Crippen molar-refractivity contribution in [2.75, 3.05) is 0 Å². The van der Waals surface area contributed by atoms with Gasteiger partial charge in [-0.15, -0.1) is 11.6 Å². The molecule has 0 amide bonds. The lowest BCUT2D eigenvalue weighted by atomic mass is 10.00. The summed E-state index contributed by atoms with van der Waals surface area (Å²) in [6.07, 6.45) is 0. The minimum atomic E-state index is -0.545. The van der Waals surface area contributed by atoms with Gasteiger partial charge in [0.05, 0.1) is 5.38 Å². The van der Waals surface area contributed by atoms with Crippen molar-refractivity contribution in [1.82, 2.24) is 0 Å². The molecule has 0 aliphatic heterocycles. The molecule has 100 valence electrons. The van der Waals surface area contributed by atoms with Gasteiger partial charge < -0.3 is 0 Å². The van der Waals surface area contributed by atoms with E-state index in [1.807, 2.05) is 0 Å². The number of alkyl halides is 1. The standard InChI is InChI=1S/C15H19ClF2/c1-8-6-9(11(18)7-10(8)17)12(16)13-14(2,3)15(13,4)5/h6-7,12-13H,1-5H3. The SMILES string of the molecule is Cc1cc(C(Cl)C2C(C)(C)C2(C)C)c(F)cc1F. The first-order valence-electron chi connectivity index (χ1n) is 6.20. The topological polar surface area (TPSA) is 0 Å². The number of hydrogen-bond donors (Lipinski definition) is 0. The van der Waals surface area contributed by atoms with E-state index in [0.29, 0.717) is 11.1 Å². The summed E-state index contributed by atoms with van der Waals surface area (Å²) in [7, 11) is 0. The first kappa shape index (κ1) is 13.8. The molecule has 0 spiro atoms. The average Bonchev–Trinajstić information content (AvgIpc) is 2.62. The fourth-order valence-corrected chi connectivity index (χ4v) is 3.85. The summed E-state index contributed by atoms with van der Waals surface area (Å²) in [5.74, 6) is -0.864. The van der Waals surface area contributed by atoms with Crippen molar-refractivity contribution in [2.24, 2.45) is 16.7 Å². The fraction of sp³-hybridized carbons (Fsp3) is 0.600. The first-order chi connectivity index (χ1) is 8.10. The second-order valence-electron chi connectivity index (χ2n) is 6.45. The number of aryl methyl sites for hydroxylation is 1. The maximum absolute atomic E-state index is 13.8. The molecule has 1 saturated carbocycles. The Morgan fingerprint density at radius 3 is 2.00 bits per heavy atom. The molecule has 1 aliphatic carbocycles. The third-order valence-electron chi connectivity index (χ3n) is 5.00. The quantitative estimate of drug-likeness (QED) is 0.646. The van der Waals surface area contributed by atoms with Crippen molar-refractivity contribution >= 4 is 11.6 Å². The number of halogens is 3. The van der Waals surface area contributed by atoms with Crippen LogP contribution in [0.3, 0.4) is 0 Å². The van der Waals surface area contributed by atoms with Gasteiger partial charge >= 0.3 is 0 Å². The van der Waals surface area contributed by atoms with Crippen LogP contribution in [0.25, 0.3) is 0 Å². The van der Waals surface area contributed by atoms with Crippen molar-refractivity contribution in [3.8, 4) is 0 Å². The molecule has 0 aromatic heterocycles. The van der Waals surface area contributed by atoms with E-state index in [2.05, 4.69) is 27.7 Å². The summed E-state index contributed by atoms with van der Waals surface area (Å²) in [6, 6.07) is 2.47. The van der Waals surface area contributed by atoms with Gasteiger partial charge in [0.2, 0.25) is 0 Å². The summed E-state index contributed by atoms with van der Waals surface area (Å²) in [6.45, 7) is 10.2. The Bertz CT molecular complexity index is 478. The van der Waals surface area contributed by atoms with Crippen molar-refractivity contribution in [1.29, 1.82) is 0 Å². The van der Waals surface area contributed by atoms with Crippen LogP contribution in [0.1, 0.15) is 44.2 Å². The molecule has 1 aromatic carbocycles. The number of benzene rings is 1. The molecule has 0 heterocycles. The molecular formula is C15H19ClF2. The molecule has 0 saturated heterocycles. The van der Waals surface area contributed by atoms with Crippen molar-refractivity contribution in [3.05, 3.63) is 34.9 Å². The number of rotatable bonds is 2. The Morgan fingerprint density at radius 1 is 1.06 bits per heavy atom. The van der Waals surface area contributed by atoms with Gasteiger partial charge in [-0.3, -0.25) is 0 Å². The van der Waals surface area contributed by atoms with E-state index in [0.717, 1.165) is 6.07 Å². The predicted molar refractivity (Wildman–Crippen MR) is 70.7 cm³/mol. The monoisotopic (exact) mass is 272 g/mol. The van der Waals surface area contributed by atoms with Crippen LogP contribution < -0.4 is 0 Å². The molecule has 1 atom stereocenters. The fourth-order valence-electron chi connectivity index (χ4n) is 3.05. The van der Waals surface area contributed by atoms with Crippen LogP contribution in [-0.4, -0.2) is 0 Å². The summed E-state index contributed by atoms with van der Waals surface area (Å²) < 4.78 is 27.1. The molecule has 1 aromatic rings. The van der Waals surface area contributed by atoms with Gasteiger partial charge in [-0.25, -0.2) is 8.78 Å². The van der Waals surface area contributed by atoms with Crippen LogP contribution in [0.15, 0.2) is 12.1 Å². The second kappa shape index (κ2) is 3.93. The highest BCUT2D eigenvalue weighted by atomic mass is 35.5. The molecule has 0 N–H and O–H groups in total. The second-order valence-corrected chi connectivity index (χ2v) is 6.92. The summed E-state index contributed by atoms with van der Waals surface area (Å²) in [4.78, 5) is 0. The maximum Gasteiger partial charge on any atom is 0.130 e. The summed E-state index contributed by atoms with van der Waals surface area (Å²) in [5.41, 5.74) is 1.01.